The fourth-order valence-corrected chi connectivity index (χ4v) is 2.78. The van der Waals surface area contributed by atoms with Crippen molar-refractivity contribution in [3.05, 3.63) is 82.6 Å². The summed E-state index contributed by atoms with van der Waals surface area (Å²) in [5.74, 6) is -0.177. The number of nitrogens with zero attached hydrogens (tertiary/aromatic N) is 2. The minimum Gasteiger partial charge on any atom is -0.295 e. The molecule has 2 aromatic carbocycles. The lowest BCUT2D eigenvalue weighted by atomic mass is 10.1. The maximum atomic E-state index is 13.8. The highest BCUT2D eigenvalue weighted by atomic mass is 79.9. The molecule has 0 N–H and O–H groups in total. The first-order chi connectivity index (χ1) is 11.0. The second kappa shape index (κ2) is 6.46. The lowest BCUT2D eigenvalue weighted by Crippen LogP contribution is -2.32. The number of halogens is 2. The Bertz CT molecular complexity index is 856. The van der Waals surface area contributed by atoms with Crippen molar-refractivity contribution in [3.8, 4) is 5.69 Å². The van der Waals surface area contributed by atoms with Crippen molar-refractivity contribution in [1.82, 2.24) is 4.57 Å². The standard InChI is InChI=1S/C18H15BrFN2O/c1-13(23)14-2-5-17(6-3-14)22-9-8-21(12-22)11-15-10-16(19)4-7-18(15)20/h2-10,12H,11H2,1H3/q+1. The van der Waals surface area contributed by atoms with Crippen LogP contribution in [0, 0.1) is 5.82 Å². The quantitative estimate of drug-likeness (QED) is 0.502. The van der Waals surface area contributed by atoms with Crippen LogP contribution in [0.15, 0.2) is 65.7 Å². The highest BCUT2D eigenvalue weighted by Gasteiger charge is 2.11. The van der Waals surface area contributed by atoms with E-state index in [1.807, 2.05) is 40.0 Å². The van der Waals surface area contributed by atoms with E-state index in [1.54, 1.807) is 31.2 Å². The van der Waals surface area contributed by atoms with Crippen LogP contribution in [0.5, 0.6) is 0 Å². The smallest absolute Gasteiger partial charge is 0.249 e. The monoisotopic (exact) mass is 373 g/mol. The average Bonchev–Trinajstić information content (AvgIpc) is 2.99. The first-order valence-corrected chi connectivity index (χ1v) is 7.94. The van der Waals surface area contributed by atoms with E-state index in [2.05, 4.69) is 15.9 Å². The Morgan fingerprint density at radius 1 is 1.22 bits per heavy atom. The third-order valence-electron chi connectivity index (χ3n) is 3.62. The summed E-state index contributed by atoms with van der Waals surface area (Å²) in [6, 6.07) is 12.3. The van der Waals surface area contributed by atoms with Gasteiger partial charge in [0.25, 0.3) is 0 Å². The molecule has 1 aromatic heterocycles. The number of benzene rings is 2. The van der Waals surface area contributed by atoms with Gasteiger partial charge in [0.05, 0.1) is 0 Å². The summed E-state index contributed by atoms with van der Waals surface area (Å²) >= 11 is 3.36. The molecule has 0 atom stereocenters. The average molecular weight is 374 g/mol. The molecule has 5 heteroatoms. The largest absolute Gasteiger partial charge is 0.295 e. The highest BCUT2D eigenvalue weighted by molar-refractivity contribution is 9.10. The van der Waals surface area contributed by atoms with E-state index in [0.717, 1.165) is 10.2 Å². The zero-order valence-corrected chi connectivity index (χ0v) is 14.1. The molecule has 116 valence electrons. The van der Waals surface area contributed by atoms with E-state index >= 15 is 0 Å². The number of aromatic nitrogens is 2. The zero-order valence-electron chi connectivity index (χ0n) is 12.5. The first kappa shape index (κ1) is 15.6. The zero-order chi connectivity index (χ0) is 16.4. The Balaban J connectivity index is 1.82. The van der Waals surface area contributed by atoms with Gasteiger partial charge in [0, 0.05) is 15.6 Å². The minimum absolute atomic E-state index is 0.0456. The van der Waals surface area contributed by atoms with Crippen LogP contribution >= 0.6 is 15.9 Å². The second-order valence-corrected chi connectivity index (χ2v) is 6.25. The van der Waals surface area contributed by atoms with Crippen LogP contribution in [0.2, 0.25) is 0 Å². The Hall–Kier alpha value is -2.27. The summed E-state index contributed by atoms with van der Waals surface area (Å²) in [7, 11) is 0. The van der Waals surface area contributed by atoms with Crippen molar-refractivity contribution >= 4 is 21.7 Å². The summed E-state index contributed by atoms with van der Waals surface area (Å²) in [5.41, 5.74) is 2.25. The molecule has 0 saturated carbocycles. The van der Waals surface area contributed by atoms with Crippen LogP contribution < -0.4 is 4.57 Å². The molecular formula is C18H15BrFN2O+. The number of ketones is 1. The fraction of sp³-hybridized carbons (Fsp3) is 0.111. The Labute approximate surface area is 142 Å². The summed E-state index contributed by atoms with van der Waals surface area (Å²) in [6.45, 7) is 2.00. The molecule has 0 saturated heterocycles. The van der Waals surface area contributed by atoms with Gasteiger partial charge in [-0.2, -0.15) is 0 Å². The van der Waals surface area contributed by atoms with E-state index in [9.17, 15) is 9.18 Å². The lowest BCUT2D eigenvalue weighted by molar-refractivity contribution is -0.687. The number of carbonyl (C=O) groups is 1. The predicted octanol–water partition coefficient (Wildman–Crippen LogP) is 3.92. The van der Waals surface area contributed by atoms with Crippen molar-refractivity contribution in [3.63, 3.8) is 0 Å². The van der Waals surface area contributed by atoms with E-state index in [-0.39, 0.29) is 11.6 Å². The molecular weight excluding hydrogens is 359 g/mol. The van der Waals surface area contributed by atoms with Crippen molar-refractivity contribution in [2.24, 2.45) is 0 Å². The normalized spacial score (nSPS) is 10.7. The second-order valence-electron chi connectivity index (χ2n) is 5.33. The Morgan fingerprint density at radius 2 is 1.96 bits per heavy atom. The molecule has 0 aliphatic heterocycles. The molecule has 0 fully saturated rings. The van der Waals surface area contributed by atoms with Crippen LogP contribution in [0.3, 0.4) is 0 Å². The number of rotatable bonds is 4. The SMILES string of the molecule is CC(=O)c1ccc(-n2cc[n+](Cc3cc(Br)ccc3F)c2)cc1. The molecule has 0 unspecified atom stereocenters. The Morgan fingerprint density at radius 3 is 2.65 bits per heavy atom. The number of hydrogen-bond donors (Lipinski definition) is 0. The molecule has 23 heavy (non-hydrogen) atoms. The summed E-state index contributed by atoms with van der Waals surface area (Å²) < 4.78 is 18.5. The molecule has 3 nitrogen and oxygen atoms in total. The topological polar surface area (TPSA) is 25.9 Å². The maximum Gasteiger partial charge on any atom is 0.249 e. The van der Waals surface area contributed by atoms with Gasteiger partial charge in [-0.1, -0.05) is 15.9 Å². The van der Waals surface area contributed by atoms with Crippen LogP contribution in [0.1, 0.15) is 22.8 Å². The lowest BCUT2D eigenvalue weighted by Gasteiger charge is -2.01. The Kier molecular flexibility index (Phi) is 4.39. The number of hydrogen-bond acceptors (Lipinski definition) is 1. The molecule has 0 radical (unpaired) electrons. The third kappa shape index (κ3) is 3.56. The molecule has 0 amide bonds. The number of imidazole rings is 1. The van der Waals surface area contributed by atoms with Crippen molar-refractivity contribution in [1.29, 1.82) is 0 Å². The molecule has 0 bridgehead atoms. The fourth-order valence-electron chi connectivity index (χ4n) is 2.37. The summed E-state index contributed by atoms with van der Waals surface area (Å²) in [4.78, 5) is 11.3. The van der Waals surface area contributed by atoms with E-state index < -0.39 is 0 Å². The predicted molar refractivity (Wildman–Crippen MR) is 89.2 cm³/mol. The van der Waals surface area contributed by atoms with E-state index in [4.69, 9.17) is 0 Å². The van der Waals surface area contributed by atoms with Gasteiger partial charge in [0.2, 0.25) is 6.33 Å². The maximum absolute atomic E-state index is 13.8. The van der Waals surface area contributed by atoms with Gasteiger partial charge in [0.1, 0.15) is 30.4 Å². The van der Waals surface area contributed by atoms with Gasteiger partial charge < -0.3 is 0 Å². The number of carbonyl (C=O) groups excluding carboxylic acids is 1. The first-order valence-electron chi connectivity index (χ1n) is 7.15. The van der Waals surface area contributed by atoms with E-state index in [1.165, 1.54) is 6.07 Å². The van der Waals surface area contributed by atoms with Gasteiger partial charge in [0.15, 0.2) is 5.78 Å². The van der Waals surface area contributed by atoms with Crippen molar-refractivity contribution < 1.29 is 13.8 Å². The van der Waals surface area contributed by atoms with Crippen molar-refractivity contribution in [2.45, 2.75) is 13.5 Å². The van der Waals surface area contributed by atoms with Crippen molar-refractivity contribution in [2.75, 3.05) is 0 Å². The molecule has 1 heterocycles. The van der Waals surface area contributed by atoms with E-state index in [0.29, 0.717) is 17.7 Å². The highest BCUT2D eigenvalue weighted by Crippen LogP contribution is 2.15. The van der Waals surface area contributed by atoms with Gasteiger partial charge >= 0.3 is 0 Å². The summed E-state index contributed by atoms with van der Waals surface area (Å²) in [5, 5.41) is 0. The molecule has 0 aliphatic rings. The van der Waals surface area contributed by atoms with Gasteiger partial charge in [-0.05, 0) is 49.4 Å². The van der Waals surface area contributed by atoms with Crippen LogP contribution in [-0.4, -0.2) is 10.4 Å². The van der Waals surface area contributed by atoms with Crippen LogP contribution in [-0.2, 0) is 6.54 Å². The molecule has 3 rings (SSSR count). The summed E-state index contributed by atoms with van der Waals surface area (Å²) in [6.07, 6.45) is 5.68. The molecule has 0 spiro atoms. The minimum atomic E-state index is -0.223. The number of Topliss-reactive ketones (excluding diaryl/α,β-unsaturated/α-hetero) is 1. The van der Waals surface area contributed by atoms with Gasteiger partial charge in [-0.3, -0.25) is 4.79 Å². The third-order valence-corrected chi connectivity index (χ3v) is 4.12. The van der Waals surface area contributed by atoms with Crippen LogP contribution in [0.4, 0.5) is 4.39 Å². The molecule has 0 aliphatic carbocycles. The van der Waals surface area contributed by atoms with Gasteiger partial charge in [-0.15, -0.1) is 0 Å². The van der Waals surface area contributed by atoms with Gasteiger partial charge in [-0.25, -0.2) is 13.5 Å². The molecule has 3 aromatic rings. The van der Waals surface area contributed by atoms with Crippen LogP contribution in [0.25, 0.3) is 5.69 Å².